The Labute approximate surface area is 187 Å². The number of carbonyl (C=O) groups is 2. The number of carbonyl (C=O) groups excluding carboxylic acids is 2. The van der Waals surface area contributed by atoms with Crippen molar-refractivity contribution in [2.75, 3.05) is 12.3 Å². The van der Waals surface area contributed by atoms with Crippen LogP contribution in [0.25, 0.3) is 0 Å². The Kier molecular flexibility index (Phi) is 6.55. The molecule has 2 fully saturated rings. The third kappa shape index (κ3) is 4.99. The average Bonchev–Trinajstić information content (AvgIpc) is 2.76. The molecule has 2 saturated heterocycles. The molecule has 5 N–H and O–H groups in total. The second-order valence-corrected chi connectivity index (χ2v) is 8.45. The minimum absolute atomic E-state index is 0.0399. The topological polar surface area (TPSA) is 131 Å². The maximum atomic E-state index is 12.4. The van der Waals surface area contributed by atoms with E-state index in [1.165, 1.54) is 0 Å². The summed E-state index contributed by atoms with van der Waals surface area (Å²) in [5, 5.41) is 8.89. The van der Waals surface area contributed by atoms with E-state index in [0.717, 1.165) is 40.9 Å². The van der Waals surface area contributed by atoms with Gasteiger partial charge in [0.15, 0.2) is 0 Å². The molecular formula is C23H30N6O3. The Bertz CT molecular complexity index is 988. The van der Waals surface area contributed by atoms with Gasteiger partial charge >= 0.3 is 6.03 Å². The van der Waals surface area contributed by atoms with Crippen molar-refractivity contribution in [2.24, 2.45) is 5.92 Å². The highest BCUT2D eigenvalue weighted by atomic mass is 16.5. The van der Waals surface area contributed by atoms with Crippen LogP contribution in [0.4, 0.5) is 10.7 Å². The molecule has 9 heteroatoms. The molecule has 3 amide bonds. The van der Waals surface area contributed by atoms with Gasteiger partial charge in [-0.15, -0.1) is 0 Å². The van der Waals surface area contributed by atoms with Gasteiger partial charge in [0.05, 0.1) is 6.04 Å². The standard InChI is InChI=1S/C23H30N6O3/c1-13-17(14(2)27-22(24)26-13)8-9-19(30)25-12-15-5-3-6-16(11-15)20-18-7-4-10-32-21(18)29-23(31)28-20/h3,5-6,11,18,20-21H,4,7-10,12H2,1-2H3,(H,25,30)(H2,24,26,27)(H2,28,29,31)/t18-,20-,21-/m0/s1. The van der Waals surface area contributed by atoms with Crippen LogP contribution in [0, 0.1) is 19.8 Å². The quantitative estimate of drug-likeness (QED) is 0.546. The van der Waals surface area contributed by atoms with Gasteiger partial charge in [0.1, 0.15) is 6.23 Å². The molecule has 0 spiro atoms. The Morgan fingerprint density at radius 2 is 2.03 bits per heavy atom. The fourth-order valence-electron chi connectivity index (χ4n) is 4.60. The molecule has 3 atom stereocenters. The van der Waals surface area contributed by atoms with Crippen LogP contribution < -0.4 is 21.7 Å². The fraction of sp³-hybridized carbons (Fsp3) is 0.478. The number of nitrogens with zero attached hydrogens (tertiary/aromatic N) is 2. The molecule has 0 unspecified atom stereocenters. The first-order valence-corrected chi connectivity index (χ1v) is 11.0. The lowest BCUT2D eigenvalue weighted by Gasteiger charge is -2.42. The summed E-state index contributed by atoms with van der Waals surface area (Å²) in [5.74, 6) is 0.394. The molecule has 2 aliphatic heterocycles. The third-order valence-electron chi connectivity index (χ3n) is 6.20. The Morgan fingerprint density at radius 1 is 1.25 bits per heavy atom. The number of aromatic nitrogens is 2. The molecule has 32 heavy (non-hydrogen) atoms. The number of anilines is 1. The molecule has 3 heterocycles. The number of hydrogen-bond donors (Lipinski definition) is 4. The number of fused-ring (bicyclic) bond motifs is 1. The Balaban J connectivity index is 1.36. The number of rotatable bonds is 6. The van der Waals surface area contributed by atoms with Crippen molar-refractivity contribution in [1.82, 2.24) is 25.9 Å². The predicted octanol–water partition coefficient (Wildman–Crippen LogP) is 2.03. The first-order chi connectivity index (χ1) is 15.4. The first-order valence-electron chi connectivity index (χ1n) is 11.0. The first kappa shape index (κ1) is 22.0. The zero-order valence-electron chi connectivity index (χ0n) is 18.5. The van der Waals surface area contributed by atoms with Gasteiger partial charge in [-0.3, -0.25) is 4.79 Å². The number of hydrogen-bond acceptors (Lipinski definition) is 6. The van der Waals surface area contributed by atoms with Crippen LogP contribution in [0.1, 0.15) is 53.4 Å². The van der Waals surface area contributed by atoms with Crippen molar-refractivity contribution in [3.63, 3.8) is 0 Å². The molecule has 2 aliphatic rings. The summed E-state index contributed by atoms with van der Waals surface area (Å²) in [7, 11) is 0. The highest BCUT2D eigenvalue weighted by Gasteiger charge is 2.39. The molecule has 1 aromatic carbocycles. The highest BCUT2D eigenvalue weighted by Crippen LogP contribution is 2.34. The third-order valence-corrected chi connectivity index (χ3v) is 6.20. The summed E-state index contributed by atoms with van der Waals surface area (Å²) in [6.45, 7) is 4.85. The number of benzene rings is 1. The lowest BCUT2D eigenvalue weighted by Crippen LogP contribution is -2.58. The Morgan fingerprint density at radius 3 is 2.81 bits per heavy atom. The number of ether oxygens (including phenoxy) is 1. The van der Waals surface area contributed by atoms with Crippen LogP contribution in [0.2, 0.25) is 0 Å². The molecule has 1 aromatic heterocycles. The van der Waals surface area contributed by atoms with Gasteiger partial charge in [0.2, 0.25) is 11.9 Å². The van der Waals surface area contributed by atoms with Crippen LogP contribution >= 0.6 is 0 Å². The lowest BCUT2D eigenvalue weighted by molar-refractivity contribution is -0.121. The van der Waals surface area contributed by atoms with Crippen LogP contribution in [-0.4, -0.2) is 34.7 Å². The number of nitrogen functional groups attached to an aromatic ring is 1. The molecule has 9 nitrogen and oxygen atoms in total. The number of nitrogens with one attached hydrogen (secondary N) is 3. The monoisotopic (exact) mass is 438 g/mol. The summed E-state index contributed by atoms with van der Waals surface area (Å²) in [6, 6.07) is 7.67. The van der Waals surface area contributed by atoms with Gasteiger partial charge in [-0.2, -0.15) is 0 Å². The van der Waals surface area contributed by atoms with Gasteiger partial charge in [-0.25, -0.2) is 14.8 Å². The maximum absolute atomic E-state index is 12.4. The number of amides is 3. The van der Waals surface area contributed by atoms with E-state index in [1.807, 2.05) is 38.1 Å². The van der Waals surface area contributed by atoms with Gasteiger partial charge < -0.3 is 26.4 Å². The normalized spacial score (nSPS) is 22.4. The van der Waals surface area contributed by atoms with Crippen LogP contribution in [0.3, 0.4) is 0 Å². The summed E-state index contributed by atoms with van der Waals surface area (Å²) in [4.78, 5) is 32.9. The summed E-state index contributed by atoms with van der Waals surface area (Å²) >= 11 is 0. The van der Waals surface area contributed by atoms with E-state index >= 15 is 0 Å². The van der Waals surface area contributed by atoms with E-state index in [1.54, 1.807) is 0 Å². The summed E-state index contributed by atoms with van der Waals surface area (Å²) in [5.41, 5.74) is 10.3. The van der Waals surface area contributed by atoms with E-state index in [0.29, 0.717) is 26.0 Å². The molecule has 2 aromatic rings. The van der Waals surface area contributed by atoms with E-state index in [9.17, 15) is 9.59 Å². The van der Waals surface area contributed by atoms with Gasteiger partial charge in [-0.05, 0) is 49.8 Å². The smallest absolute Gasteiger partial charge is 0.317 e. The minimum atomic E-state index is -0.255. The van der Waals surface area contributed by atoms with E-state index in [-0.39, 0.29) is 36.1 Å². The SMILES string of the molecule is Cc1nc(N)nc(C)c1CCC(=O)NCc1cccc([C@@H]2NC(=O)N[C@H]3OCCC[C@H]32)c1. The van der Waals surface area contributed by atoms with Crippen molar-refractivity contribution in [2.45, 2.75) is 58.3 Å². The van der Waals surface area contributed by atoms with Crippen molar-refractivity contribution in [3.8, 4) is 0 Å². The largest absolute Gasteiger partial charge is 0.368 e. The van der Waals surface area contributed by atoms with Gasteiger partial charge in [0, 0.05) is 36.9 Å². The molecule has 0 aliphatic carbocycles. The highest BCUT2D eigenvalue weighted by molar-refractivity contribution is 5.76. The van der Waals surface area contributed by atoms with Gasteiger partial charge in [0.25, 0.3) is 0 Å². The summed E-state index contributed by atoms with van der Waals surface area (Å²) in [6.07, 6.45) is 2.61. The molecule has 0 saturated carbocycles. The summed E-state index contributed by atoms with van der Waals surface area (Å²) < 4.78 is 5.76. The predicted molar refractivity (Wildman–Crippen MR) is 119 cm³/mol. The zero-order chi connectivity index (χ0) is 22.7. The fourth-order valence-corrected chi connectivity index (χ4v) is 4.60. The van der Waals surface area contributed by atoms with Crippen molar-refractivity contribution in [3.05, 3.63) is 52.3 Å². The van der Waals surface area contributed by atoms with Crippen molar-refractivity contribution in [1.29, 1.82) is 0 Å². The zero-order valence-corrected chi connectivity index (χ0v) is 18.5. The average molecular weight is 439 g/mol. The van der Waals surface area contributed by atoms with E-state index in [2.05, 4.69) is 25.9 Å². The molecule has 4 rings (SSSR count). The van der Waals surface area contributed by atoms with Crippen molar-refractivity contribution < 1.29 is 14.3 Å². The molecular weight excluding hydrogens is 408 g/mol. The maximum Gasteiger partial charge on any atom is 0.317 e. The van der Waals surface area contributed by atoms with Crippen LogP contribution in [0.15, 0.2) is 24.3 Å². The molecule has 0 radical (unpaired) electrons. The number of urea groups is 1. The lowest BCUT2D eigenvalue weighted by atomic mass is 9.85. The van der Waals surface area contributed by atoms with Crippen LogP contribution in [-0.2, 0) is 22.5 Å². The minimum Gasteiger partial charge on any atom is -0.368 e. The molecule has 170 valence electrons. The number of nitrogens with two attached hydrogens (primary N) is 1. The van der Waals surface area contributed by atoms with E-state index in [4.69, 9.17) is 10.5 Å². The second-order valence-electron chi connectivity index (χ2n) is 8.45. The van der Waals surface area contributed by atoms with Crippen LogP contribution in [0.5, 0.6) is 0 Å². The van der Waals surface area contributed by atoms with E-state index < -0.39 is 0 Å². The molecule has 0 bridgehead atoms. The number of aryl methyl sites for hydroxylation is 2. The second kappa shape index (κ2) is 9.52. The van der Waals surface area contributed by atoms with Gasteiger partial charge in [-0.1, -0.05) is 24.3 Å². The Hall–Kier alpha value is -3.20. The van der Waals surface area contributed by atoms with Crippen molar-refractivity contribution >= 4 is 17.9 Å².